The van der Waals surface area contributed by atoms with Crippen LogP contribution in [-0.2, 0) is 21.2 Å². The molecular weight excluding hydrogens is 384 g/mol. The number of hydrogen-bond donors (Lipinski definition) is 2. The van der Waals surface area contributed by atoms with Crippen molar-refractivity contribution in [2.75, 3.05) is 5.32 Å². The second kappa shape index (κ2) is 7.92. The first-order valence-electron chi connectivity index (χ1n) is 10.4. The highest BCUT2D eigenvalue weighted by atomic mass is 32.2. The lowest BCUT2D eigenvalue weighted by atomic mass is 9.86. The van der Waals surface area contributed by atoms with E-state index in [1.165, 1.54) is 22.3 Å². The number of carbonyl (C=O) groups excluding carboxylic acids is 1. The Morgan fingerprint density at radius 3 is 2.38 bits per heavy atom. The Morgan fingerprint density at radius 2 is 1.66 bits per heavy atom. The smallest absolute Gasteiger partial charge is 0.227 e. The van der Waals surface area contributed by atoms with Gasteiger partial charge in [-0.15, -0.1) is 0 Å². The molecule has 0 saturated heterocycles. The average Bonchev–Trinajstić information content (AvgIpc) is 3.08. The number of nitrogens with one attached hydrogen (secondary N) is 2. The van der Waals surface area contributed by atoms with Crippen LogP contribution in [0, 0.1) is 5.92 Å². The first kappa shape index (κ1) is 20.1. The molecule has 0 bridgehead atoms. The van der Waals surface area contributed by atoms with E-state index in [0.717, 1.165) is 12.1 Å². The topological polar surface area (TPSA) is 75.3 Å². The summed E-state index contributed by atoms with van der Waals surface area (Å²) in [4.78, 5) is 12.9. The van der Waals surface area contributed by atoms with Gasteiger partial charge in [0.05, 0.1) is 5.25 Å². The molecule has 0 aromatic heterocycles. The molecule has 2 aliphatic carbocycles. The maximum atomic E-state index is 12.9. The highest BCUT2D eigenvalue weighted by Crippen LogP contribution is 2.40. The predicted octanol–water partition coefficient (Wildman–Crippen LogP) is 4.08. The number of anilines is 1. The van der Waals surface area contributed by atoms with Gasteiger partial charge < -0.3 is 5.32 Å². The molecule has 0 atom stereocenters. The zero-order chi connectivity index (χ0) is 20.6. The number of carbonyl (C=O) groups is 1. The second-order valence-corrected chi connectivity index (χ2v) is 10.7. The molecule has 2 N–H and O–H groups in total. The van der Waals surface area contributed by atoms with Crippen molar-refractivity contribution in [3.63, 3.8) is 0 Å². The highest BCUT2D eigenvalue weighted by molar-refractivity contribution is 7.90. The van der Waals surface area contributed by atoms with Gasteiger partial charge in [-0.2, -0.15) is 0 Å². The van der Waals surface area contributed by atoms with Crippen LogP contribution in [0.2, 0.25) is 0 Å². The predicted molar refractivity (Wildman–Crippen MR) is 116 cm³/mol. The molecule has 5 nitrogen and oxygen atoms in total. The van der Waals surface area contributed by atoms with Crippen LogP contribution in [0.15, 0.2) is 42.5 Å². The Balaban J connectivity index is 1.40. The highest BCUT2D eigenvalue weighted by Gasteiger charge is 2.30. The van der Waals surface area contributed by atoms with Crippen LogP contribution in [0.4, 0.5) is 5.69 Å². The Bertz CT molecular complexity index is 1020. The van der Waals surface area contributed by atoms with Crippen molar-refractivity contribution in [3.05, 3.63) is 53.6 Å². The number of rotatable bonds is 5. The molecule has 2 aromatic rings. The van der Waals surface area contributed by atoms with Gasteiger partial charge in [-0.25, -0.2) is 13.1 Å². The van der Waals surface area contributed by atoms with Gasteiger partial charge in [0, 0.05) is 24.1 Å². The van der Waals surface area contributed by atoms with Crippen LogP contribution in [0.3, 0.4) is 0 Å². The van der Waals surface area contributed by atoms with Crippen molar-refractivity contribution in [2.45, 2.75) is 57.2 Å². The summed E-state index contributed by atoms with van der Waals surface area (Å²) >= 11 is 0. The van der Waals surface area contributed by atoms with Gasteiger partial charge in [0.1, 0.15) is 0 Å². The minimum Gasteiger partial charge on any atom is -0.326 e. The molecule has 2 aromatic carbocycles. The van der Waals surface area contributed by atoms with E-state index in [9.17, 15) is 13.2 Å². The fraction of sp³-hybridized carbons (Fsp3) is 0.435. The summed E-state index contributed by atoms with van der Waals surface area (Å²) < 4.78 is 26.9. The standard InChI is InChI=1S/C23H28N2O3S/c1-15(2)29(27,28)25-18-12-10-16(11-13-18)23(26)24-22-9-5-8-20-19-7-4-3-6-17(19)14-21(20)22/h3-9,15-16,18,25H,10-14H2,1-2H3,(H,24,26)/t16-,18-. The van der Waals surface area contributed by atoms with E-state index in [4.69, 9.17) is 0 Å². The third-order valence-corrected chi connectivity index (χ3v) is 8.06. The first-order chi connectivity index (χ1) is 13.8. The Kier molecular flexibility index (Phi) is 5.49. The fourth-order valence-corrected chi connectivity index (χ4v) is 5.32. The monoisotopic (exact) mass is 412 g/mol. The molecule has 2 aliphatic rings. The van der Waals surface area contributed by atoms with Gasteiger partial charge >= 0.3 is 0 Å². The van der Waals surface area contributed by atoms with E-state index in [-0.39, 0.29) is 17.9 Å². The van der Waals surface area contributed by atoms with Crippen LogP contribution in [0.1, 0.15) is 50.7 Å². The molecule has 1 fully saturated rings. The number of fused-ring (bicyclic) bond motifs is 3. The quantitative estimate of drug-likeness (QED) is 0.663. The molecule has 0 unspecified atom stereocenters. The maximum absolute atomic E-state index is 12.9. The van der Waals surface area contributed by atoms with Gasteiger partial charge in [-0.3, -0.25) is 4.79 Å². The molecular formula is C23H28N2O3S. The third kappa shape index (κ3) is 4.09. The van der Waals surface area contributed by atoms with Crippen LogP contribution >= 0.6 is 0 Å². The largest absolute Gasteiger partial charge is 0.326 e. The molecule has 1 amide bonds. The summed E-state index contributed by atoms with van der Waals surface area (Å²) in [5.41, 5.74) is 5.82. The molecule has 0 heterocycles. The number of hydrogen-bond acceptors (Lipinski definition) is 3. The number of sulfonamides is 1. The maximum Gasteiger partial charge on any atom is 0.227 e. The molecule has 0 aliphatic heterocycles. The van der Waals surface area contributed by atoms with Crippen molar-refractivity contribution >= 4 is 21.6 Å². The average molecular weight is 413 g/mol. The Hall–Kier alpha value is -2.18. The lowest BCUT2D eigenvalue weighted by molar-refractivity contribution is -0.120. The lowest BCUT2D eigenvalue weighted by Crippen LogP contribution is -2.42. The minimum absolute atomic E-state index is 0.0412. The van der Waals surface area contributed by atoms with E-state index in [0.29, 0.717) is 25.7 Å². The molecule has 0 radical (unpaired) electrons. The van der Waals surface area contributed by atoms with Gasteiger partial charge in [0.15, 0.2) is 0 Å². The van der Waals surface area contributed by atoms with Crippen molar-refractivity contribution in [2.24, 2.45) is 5.92 Å². The second-order valence-electron chi connectivity index (χ2n) is 8.42. The zero-order valence-electron chi connectivity index (χ0n) is 16.9. The van der Waals surface area contributed by atoms with Crippen LogP contribution in [0.25, 0.3) is 11.1 Å². The van der Waals surface area contributed by atoms with Gasteiger partial charge in [0.25, 0.3) is 0 Å². The lowest BCUT2D eigenvalue weighted by Gasteiger charge is -2.29. The van der Waals surface area contributed by atoms with Crippen molar-refractivity contribution in [1.82, 2.24) is 4.72 Å². The van der Waals surface area contributed by atoms with Crippen LogP contribution in [-0.4, -0.2) is 25.6 Å². The molecule has 1 saturated carbocycles. The molecule has 0 spiro atoms. The summed E-state index contributed by atoms with van der Waals surface area (Å²) in [6.45, 7) is 3.36. The van der Waals surface area contributed by atoms with Crippen LogP contribution < -0.4 is 10.0 Å². The van der Waals surface area contributed by atoms with Crippen LogP contribution in [0.5, 0.6) is 0 Å². The molecule has 154 valence electrons. The minimum atomic E-state index is -3.27. The Morgan fingerprint density at radius 1 is 0.966 bits per heavy atom. The normalized spacial score (nSPS) is 20.9. The zero-order valence-corrected chi connectivity index (χ0v) is 17.8. The van der Waals surface area contributed by atoms with E-state index < -0.39 is 15.3 Å². The van der Waals surface area contributed by atoms with Crippen molar-refractivity contribution in [1.29, 1.82) is 0 Å². The van der Waals surface area contributed by atoms with Gasteiger partial charge in [-0.1, -0.05) is 36.4 Å². The van der Waals surface area contributed by atoms with E-state index in [1.54, 1.807) is 13.8 Å². The molecule has 29 heavy (non-hydrogen) atoms. The third-order valence-electron chi connectivity index (χ3n) is 6.16. The summed E-state index contributed by atoms with van der Waals surface area (Å²) in [7, 11) is -3.27. The summed E-state index contributed by atoms with van der Waals surface area (Å²) in [5.74, 6) is -0.0334. The number of benzene rings is 2. The SMILES string of the molecule is CC(C)S(=O)(=O)N[C@H]1CC[C@H](C(=O)Nc2cccc3c2Cc2ccccc2-3)CC1. The van der Waals surface area contributed by atoms with E-state index in [2.05, 4.69) is 34.3 Å². The summed E-state index contributed by atoms with van der Waals surface area (Å²) in [6, 6.07) is 14.4. The number of amides is 1. The van der Waals surface area contributed by atoms with Gasteiger partial charge in [-0.05, 0) is 67.9 Å². The summed E-state index contributed by atoms with van der Waals surface area (Å²) in [5, 5.41) is 2.71. The molecule has 6 heteroatoms. The van der Waals surface area contributed by atoms with E-state index >= 15 is 0 Å². The van der Waals surface area contributed by atoms with E-state index in [1.807, 2.05) is 18.2 Å². The fourth-order valence-electron chi connectivity index (χ4n) is 4.35. The van der Waals surface area contributed by atoms with Crippen molar-refractivity contribution in [3.8, 4) is 11.1 Å². The Labute approximate surface area is 173 Å². The summed E-state index contributed by atoms with van der Waals surface area (Å²) in [6.07, 6.45) is 3.63. The first-order valence-corrected chi connectivity index (χ1v) is 11.9. The van der Waals surface area contributed by atoms with Gasteiger partial charge in [0.2, 0.25) is 15.9 Å². The molecule has 4 rings (SSSR count). The van der Waals surface area contributed by atoms with Crippen molar-refractivity contribution < 1.29 is 13.2 Å².